The Balaban J connectivity index is 0.762. The molecule has 0 radical (unpaired) electrons. The van der Waals surface area contributed by atoms with Crippen LogP contribution in [0.5, 0.6) is 5.75 Å². The lowest BCUT2D eigenvalue weighted by Gasteiger charge is -2.36. The molecule has 10 rings (SSSR count). The third-order valence-electron chi connectivity index (χ3n) is 14.1. The molecule has 1 aliphatic carbocycles. The topological polar surface area (TPSA) is 195 Å². The van der Waals surface area contributed by atoms with Crippen molar-refractivity contribution >= 4 is 46.4 Å². The van der Waals surface area contributed by atoms with Crippen LogP contribution < -0.4 is 15.4 Å². The summed E-state index contributed by atoms with van der Waals surface area (Å²) in [6.45, 7) is 13.8. The Kier molecular flexibility index (Phi) is 13.5. The normalized spacial score (nSPS) is 20.2. The molecule has 16 nitrogen and oxygen atoms in total. The Labute approximate surface area is 426 Å². The molecule has 3 aliphatic rings. The Morgan fingerprint density at radius 1 is 0.931 bits per heavy atom. The number of aromatic nitrogens is 6. The molecule has 372 valence electrons. The molecule has 3 amide bonds. The predicted octanol–water partition coefficient (Wildman–Crippen LogP) is 8.78. The lowest BCUT2D eigenvalue weighted by atomic mass is 9.89. The van der Waals surface area contributed by atoms with Crippen LogP contribution in [-0.4, -0.2) is 93.8 Å². The SMILES string of the molecule is Cc1ncoc1-c1ccc([C@H](C)NC(=O)[C@@H]2C[C@@H](O)CN2C(=O)C(C(C)C)n2cc(-c3cccc(O[C@H]4C[C@@H](NC(=O)C[C@@H]5N=C(c6ccc(Cl)cc6)c6c(sc(C)c6C)-n6c(C)nnc65)C4)c3)cn2)cc1. The van der Waals surface area contributed by atoms with Crippen LogP contribution in [0.3, 0.4) is 0 Å². The minimum atomic E-state index is -0.850. The zero-order valence-corrected chi connectivity index (χ0v) is 42.7. The van der Waals surface area contributed by atoms with Crippen molar-refractivity contribution in [3.63, 3.8) is 0 Å². The van der Waals surface area contributed by atoms with Gasteiger partial charge in [-0.25, -0.2) is 4.98 Å². The second kappa shape index (κ2) is 19.9. The lowest BCUT2D eigenvalue weighted by molar-refractivity contribution is -0.142. The number of nitrogens with one attached hydrogen (secondary N) is 2. The fraction of sp³-hybridized carbons (Fsp3) is 0.370. The van der Waals surface area contributed by atoms with Crippen molar-refractivity contribution in [1.29, 1.82) is 0 Å². The van der Waals surface area contributed by atoms with Crippen LogP contribution in [0.1, 0.15) is 109 Å². The number of likely N-dealkylation sites (tertiary alicyclic amines) is 1. The van der Waals surface area contributed by atoms with Crippen molar-refractivity contribution in [2.75, 3.05) is 6.54 Å². The Morgan fingerprint density at radius 2 is 1.68 bits per heavy atom. The van der Waals surface area contributed by atoms with Crippen molar-refractivity contribution in [3.05, 3.63) is 141 Å². The van der Waals surface area contributed by atoms with Gasteiger partial charge in [0.25, 0.3) is 0 Å². The number of halogens is 1. The smallest absolute Gasteiger partial charge is 0.248 e. The number of nitrogens with zero attached hydrogens (tertiary/aromatic N) is 8. The summed E-state index contributed by atoms with van der Waals surface area (Å²) in [7, 11) is 0. The predicted molar refractivity (Wildman–Crippen MR) is 274 cm³/mol. The average Bonchev–Trinajstić information content (AvgIpc) is 4.19. The van der Waals surface area contributed by atoms with Gasteiger partial charge in [-0.15, -0.1) is 21.5 Å². The van der Waals surface area contributed by atoms with Gasteiger partial charge in [-0.2, -0.15) is 5.10 Å². The number of aliphatic hydroxyl groups excluding tert-OH is 1. The molecule has 4 aromatic heterocycles. The summed E-state index contributed by atoms with van der Waals surface area (Å²) in [6.07, 6.45) is 5.54. The van der Waals surface area contributed by atoms with E-state index in [0.717, 1.165) is 61.2 Å². The van der Waals surface area contributed by atoms with E-state index < -0.39 is 24.2 Å². The molecule has 7 aromatic rings. The molecule has 2 fully saturated rings. The number of carbonyl (C=O) groups excluding carboxylic acids is 3. The zero-order chi connectivity index (χ0) is 50.5. The number of amides is 3. The van der Waals surface area contributed by atoms with Crippen LogP contribution in [-0.2, 0) is 14.4 Å². The number of hydrogen-bond donors (Lipinski definition) is 3. The van der Waals surface area contributed by atoms with Gasteiger partial charge in [-0.05, 0) is 81.5 Å². The maximum Gasteiger partial charge on any atom is 0.248 e. The van der Waals surface area contributed by atoms with Gasteiger partial charge in [-0.1, -0.05) is 74.0 Å². The minimum absolute atomic E-state index is 0.0414. The van der Waals surface area contributed by atoms with E-state index in [9.17, 15) is 19.5 Å². The van der Waals surface area contributed by atoms with Crippen molar-refractivity contribution in [2.24, 2.45) is 10.9 Å². The number of carbonyl (C=O) groups is 3. The first-order valence-electron chi connectivity index (χ1n) is 24.4. The highest BCUT2D eigenvalue weighted by atomic mass is 35.5. The monoisotopic (exact) mass is 1010 g/mol. The largest absolute Gasteiger partial charge is 0.490 e. The van der Waals surface area contributed by atoms with Crippen molar-refractivity contribution in [2.45, 2.75) is 117 Å². The summed E-state index contributed by atoms with van der Waals surface area (Å²) in [6, 6.07) is 20.5. The van der Waals surface area contributed by atoms with Crippen LogP contribution in [0.15, 0.2) is 101 Å². The van der Waals surface area contributed by atoms with Gasteiger partial charge >= 0.3 is 0 Å². The molecular weight excluding hydrogens is 952 g/mol. The maximum atomic E-state index is 14.4. The van der Waals surface area contributed by atoms with E-state index in [1.54, 1.807) is 22.2 Å². The highest BCUT2D eigenvalue weighted by molar-refractivity contribution is 7.15. The first-order valence-corrected chi connectivity index (χ1v) is 25.6. The van der Waals surface area contributed by atoms with Gasteiger partial charge in [0.1, 0.15) is 40.8 Å². The van der Waals surface area contributed by atoms with E-state index in [4.69, 9.17) is 25.7 Å². The van der Waals surface area contributed by atoms with Crippen molar-refractivity contribution in [3.8, 4) is 33.2 Å². The molecule has 3 N–H and O–H groups in total. The lowest BCUT2D eigenvalue weighted by Crippen LogP contribution is -2.49. The fourth-order valence-corrected chi connectivity index (χ4v) is 11.4. The second-order valence-corrected chi connectivity index (χ2v) is 21.2. The van der Waals surface area contributed by atoms with E-state index in [1.165, 1.54) is 16.2 Å². The van der Waals surface area contributed by atoms with Gasteiger partial charge < -0.3 is 29.8 Å². The molecule has 3 aromatic carbocycles. The molecule has 18 heteroatoms. The average molecular weight is 1010 g/mol. The number of aryl methyl sites for hydroxylation is 3. The Hall–Kier alpha value is -6.95. The highest BCUT2D eigenvalue weighted by Crippen LogP contribution is 2.40. The molecule has 1 saturated carbocycles. The van der Waals surface area contributed by atoms with E-state index in [0.29, 0.717) is 35.2 Å². The number of hydrogen-bond acceptors (Lipinski definition) is 12. The number of aliphatic imine (C=N–C) groups is 1. The van der Waals surface area contributed by atoms with Gasteiger partial charge in [0.05, 0.1) is 36.2 Å². The van der Waals surface area contributed by atoms with E-state index >= 15 is 0 Å². The summed E-state index contributed by atoms with van der Waals surface area (Å²) < 4.78 is 15.6. The quantitative estimate of drug-likeness (QED) is 0.0948. The molecule has 1 unspecified atom stereocenters. The van der Waals surface area contributed by atoms with E-state index in [-0.39, 0.29) is 61.2 Å². The third kappa shape index (κ3) is 9.60. The minimum Gasteiger partial charge on any atom is -0.490 e. The van der Waals surface area contributed by atoms with Gasteiger partial charge in [-0.3, -0.25) is 28.6 Å². The van der Waals surface area contributed by atoms with Gasteiger partial charge in [0.2, 0.25) is 17.7 Å². The number of aliphatic hydroxyl groups is 1. The number of oxazole rings is 1. The van der Waals surface area contributed by atoms with Crippen LogP contribution in [0.2, 0.25) is 5.02 Å². The molecule has 2 aliphatic heterocycles. The standard InChI is InChI=1S/C54H57ClN10O6S/c1-28(2)49(53(69)63-26-41(66)22-45(63)52(68)58-30(4)34-11-13-36(14-12-34)50-31(5)56-27-70-50)64-25-38(24-57-64)37-9-8-10-42(19-37)71-43-20-40(21-43)59-46(67)23-44-51-62-61-33(7)65(51)54-47(29(3)32(6)72-54)48(60-44)35-15-17-39(55)18-16-35/h8-19,24-25,27-28,30,40-41,43-45,49,66H,20-23,26H2,1-7H3,(H,58,68)(H,59,67)/t30-,40-,41+,43+,44-,45-,49?/m0/s1. The molecule has 1 saturated heterocycles. The van der Waals surface area contributed by atoms with Crippen LogP contribution >= 0.6 is 22.9 Å². The van der Waals surface area contributed by atoms with Crippen molar-refractivity contribution in [1.82, 2.24) is 45.1 Å². The molecule has 5 atom stereocenters. The molecular formula is C54H57ClN10O6S. The summed E-state index contributed by atoms with van der Waals surface area (Å²) in [5, 5.41) is 32.3. The van der Waals surface area contributed by atoms with Gasteiger partial charge in [0.15, 0.2) is 18.0 Å². The van der Waals surface area contributed by atoms with E-state index in [1.807, 2.05) is 118 Å². The summed E-state index contributed by atoms with van der Waals surface area (Å²) in [5.41, 5.74) is 8.05. The summed E-state index contributed by atoms with van der Waals surface area (Å²) in [5.74, 6) is 1.80. The Bertz CT molecular complexity index is 3190. The number of rotatable bonds is 14. The molecule has 6 heterocycles. The number of β-amino-alcohol motifs (C(OH)–C–C–N with tert-alkyl or cyclic N) is 1. The third-order valence-corrected chi connectivity index (χ3v) is 15.5. The van der Waals surface area contributed by atoms with Crippen molar-refractivity contribution < 1.29 is 28.6 Å². The van der Waals surface area contributed by atoms with Crippen LogP contribution in [0, 0.1) is 33.6 Å². The fourth-order valence-electron chi connectivity index (χ4n) is 10.0. The second-order valence-electron chi connectivity index (χ2n) is 19.5. The van der Waals surface area contributed by atoms with Crippen LogP contribution in [0.25, 0.3) is 27.5 Å². The van der Waals surface area contributed by atoms with E-state index in [2.05, 4.69) is 44.8 Å². The Morgan fingerprint density at radius 3 is 2.40 bits per heavy atom. The number of thiophene rings is 1. The summed E-state index contributed by atoms with van der Waals surface area (Å²) >= 11 is 7.96. The molecule has 0 spiro atoms. The molecule has 72 heavy (non-hydrogen) atoms. The highest BCUT2D eigenvalue weighted by Gasteiger charge is 2.43. The molecule has 0 bridgehead atoms. The first kappa shape index (κ1) is 48.7. The number of ether oxygens (including phenoxy) is 1. The van der Waals surface area contributed by atoms with Crippen LogP contribution in [0.4, 0.5) is 0 Å². The number of fused-ring (bicyclic) bond motifs is 3. The first-order chi connectivity index (χ1) is 34.6. The number of benzene rings is 3. The summed E-state index contributed by atoms with van der Waals surface area (Å²) in [4.78, 5) is 54.1. The maximum absolute atomic E-state index is 14.4. The van der Waals surface area contributed by atoms with Gasteiger partial charge in [0, 0.05) is 70.2 Å². The zero-order valence-electron chi connectivity index (χ0n) is 41.2.